The minimum absolute atomic E-state index is 0.0695. The van der Waals surface area contributed by atoms with Crippen LogP contribution in [-0.2, 0) is 11.2 Å². The molecule has 3 aromatic rings. The molecule has 0 atom stereocenters. The fraction of sp³-hybridized carbons (Fsp3) is 0.136. The Morgan fingerprint density at radius 1 is 1.03 bits per heavy atom. The van der Waals surface area contributed by atoms with Gasteiger partial charge in [0, 0.05) is 29.1 Å². The summed E-state index contributed by atoms with van der Waals surface area (Å²) in [6.07, 6.45) is 0.324. The highest BCUT2D eigenvalue weighted by Crippen LogP contribution is 2.35. The van der Waals surface area contributed by atoms with Gasteiger partial charge in [0.1, 0.15) is 11.5 Å². The van der Waals surface area contributed by atoms with E-state index in [1.165, 1.54) is 19.2 Å². The van der Waals surface area contributed by atoms with Gasteiger partial charge in [0.2, 0.25) is 0 Å². The predicted molar refractivity (Wildman–Crippen MR) is 112 cm³/mol. The SMILES string of the molecule is CNC(=O)COc1cc(Cl)c(Cc2ccc(O)c(-c3ccc(F)c(F)c3)c2)c(Cl)c1. The van der Waals surface area contributed by atoms with Gasteiger partial charge in [0.15, 0.2) is 18.2 Å². The summed E-state index contributed by atoms with van der Waals surface area (Å²) < 4.78 is 32.2. The molecule has 2 N–H and O–H groups in total. The van der Waals surface area contributed by atoms with Crippen molar-refractivity contribution in [1.82, 2.24) is 5.32 Å². The minimum Gasteiger partial charge on any atom is -0.507 e. The number of phenolic OH excluding ortho intramolecular Hbond substituents is 1. The Morgan fingerprint density at radius 2 is 1.73 bits per heavy atom. The van der Waals surface area contributed by atoms with Crippen molar-refractivity contribution in [3.8, 4) is 22.6 Å². The third-order valence-electron chi connectivity index (χ3n) is 4.44. The number of benzene rings is 3. The van der Waals surface area contributed by atoms with Crippen LogP contribution in [0.4, 0.5) is 8.78 Å². The highest BCUT2D eigenvalue weighted by molar-refractivity contribution is 6.36. The predicted octanol–water partition coefficient (Wildman–Crippen LogP) is 5.36. The van der Waals surface area contributed by atoms with Gasteiger partial charge in [0.25, 0.3) is 5.91 Å². The van der Waals surface area contributed by atoms with Gasteiger partial charge in [-0.25, -0.2) is 8.78 Å². The maximum atomic E-state index is 13.6. The van der Waals surface area contributed by atoms with E-state index in [0.717, 1.165) is 17.7 Å². The van der Waals surface area contributed by atoms with Gasteiger partial charge in [-0.05, 0) is 53.1 Å². The number of amides is 1. The quantitative estimate of drug-likeness (QED) is 0.530. The number of aromatic hydroxyl groups is 1. The Labute approximate surface area is 182 Å². The number of rotatable bonds is 6. The van der Waals surface area contributed by atoms with Gasteiger partial charge in [-0.1, -0.05) is 35.3 Å². The van der Waals surface area contributed by atoms with E-state index in [-0.39, 0.29) is 18.3 Å². The van der Waals surface area contributed by atoms with E-state index < -0.39 is 11.6 Å². The van der Waals surface area contributed by atoms with Crippen molar-refractivity contribution in [2.45, 2.75) is 6.42 Å². The number of hydrogen-bond acceptors (Lipinski definition) is 3. The van der Waals surface area contributed by atoms with Crippen molar-refractivity contribution in [3.05, 3.63) is 81.3 Å². The Morgan fingerprint density at radius 3 is 2.37 bits per heavy atom. The third-order valence-corrected chi connectivity index (χ3v) is 5.11. The van der Waals surface area contributed by atoms with Crippen molar-refractivity contribution in [2.75, 3.05) is 13.7 Å². The fourth-order valence-corrected chi connectivity index (χ4v) is 3.45. The first-order chi connectivity index (χ1) is 14.3. The van der Waals surface area contributed by atoms with E-state index in [1.807, 2.05) is 0 Å². The van der Waals surface area contributed by atoms with E-state index in [0.29, 0.717) is 38.9 Å². The van der Waals surface area contributed by atoms with Gasteiger partial charge >= 0.3 is 0 Å². The van der Waals surface area contributed by atoms with Crippen LogP contribution in [0, 0.1) is 11.6 Å². The molecule has 156 valence electrons. The number of phenols is 1. The van der Waals surface area contributed by atoms with Gasteiger partial charge in [0.05, 0.1) is 0 Å². The second-order valence-corrected chi connectivity index (χ2v) is 7.30. The number of likely N-dealkylation sites (N-methyl/N-ethyl adjacent to an activating group) is 1. The molecule has 0 saturated carbocycles. The van der Waals surface area contributed by atoms with Crippen molar-refractivity contribution in [1.29, 1.82) is 0 Å². The summed E-state index contributed by atoms with van der Waals surface area (Å²) in [5.74, 6) is -1.98. The zero-order chi connectivity index (χ0) is 21.8. The fourth-order valence-electron chi connectivity index (χ4n) is 2.85. The molecule has 0 heterocycles. The van der Waals surface area contributed by atoms with Crippen LogP contribution in [0.3, 0.4) is 0 Å². The van der Waals surface area contributed by atoms with Crippen LogP contribution >= 0.6 is 23.2 Å². The van der Waals surface area contributed by atoms with E-state index in [9.17, 15) is 18.7 Å². The van der Waals surface area contributed by atoms with Crippen LogP contribution in [0.1, 0.15) is 11.1 Å². The molecule has 0 radical (unpaired) electrons. The van der Waals surface area contributed by atoms with Crippen LogP contribution in [0.2, 0.25) is 10.0 Å². The molecule has 0 fully saturated rings. The maximum Gasteiger partial charge on any atom is 0.257 e. The normalized spacial score (nSPS) is 10.7. The molecule has 3 aromatic carbocycles. The molecule has 0 aliphatic carbocycles. The lowest BCUT2D eigenvalue weighted by atomic mass is 9.98. The monoisotopic (exact) mass is 451 g/mol. The molecule has 0 aliphatic heterocycles. The molecular formula is C22H17Cl2F2NO3. The van der Waals surface area contributed by atoms with Crippen LogP contribution in [0.5, 0.6) is 11.5 Å². The number of carbonyl (C=O) groups is 1. The molecule has 0 bridgehead atoms. The van der Waals surface area contributed by atoms with Crippen LogP contribution in [-0.4, -0.2) is 24.7 Å². The lowest BCUT2D eigenvalue weighted by Gasteiger charge is -2.13. The average molecular weight is 452 g/mol. The first-order valence-electron chi connectivity index (χ1n) is 8.87. The van der Waals surface area contributed by atoms with Gasteiger partial charge in [-0.2, -0.15) is 0 Å². The molecule has 8 heteroatoms. The van der Waals surface area contributed by atoms with Crippen molar-refractivity contribution >= 4 is 29.1 Å². The lowest BCUT2D eigenvalue weighted by Crippen LogP contribution is -2.24. The standard InChI is InChI=1S/C22H17Cl2F2NO3/c1-27-22(29)11-30-14-9-17(23)16(18(24)10-14)7-12-2-5-21(28)15(6-12)13-3-4-19(25)20(26)8-13/h2-6,8-10,28H,7,11H2,1H3,(H,27,29). The Bertz CT molecular complexity index is 1080. The summed E-state index contributed by atoms with van der Waals surface area (Å²) in [5.41, 5.74) is 2.05. The van der Waals surface area contributed by atoms with E-state index >= 15 is 0 Å². The van der Waals surface area contributed by atoms with Gasteiger partial charge < -0.3 is 15.2 Å². The van der Waals surface area contributed by atoms with Crippen LogP contribution < -0.4 is 10.1 Å². The van der Waals surface area contributed by atoms with Gasteiger partial charge in [-0.3, -0.25) is 4.79 Å². The summed E-state index contributed by atoms with van der Waals surface area (Å²) in [4.78, 5) is 11.3. The second kappa shape index (κ2) is 9.32. The average Bonchev–Trinajstić information content (AvgIpc) is 2.72. The maximum absolute atomic E-state index is 13.6. The summed E-state index contributed by atoms with van der Waals surface area (Å²) in [7, 11) is 1.50. The number of halogens is 4. The topological polar surface area (TPSA) is 58.6 Å². The van der Waals surface area contributed by atoms with Crippen LogP contribution in [0.25, 0.3) is 11.1 Å². The molecule has 4 nitrogen and oxygen atoms in total. The van der Waals surface area contributed by atoms with Gasteiger partial charge in [-0.15, -0.1) is 0 Å². The first-order valence-corrected chi connectivity index (χ1v) is 9.62. The van der Waals surface area contributed by atoms with Crippen molar-refractivity contribution < 1.29 is 23.4 Å². The van der Waals surface area contributed by atoms with Crippen LogP contribution in [0.15, 0.2) is 48.5 Å². The Kier molecular flexibility index (Phi) is 6.80. The van der Waals surface area contributed by atoms with E-state index in [1.54, 1.807) is 24.3 Å². The number of carbonyl (C=O) groups excluding carboxylic acids is 1. The zero-order valence-corrected chi connectivity index (χ0v) is 17.3. The third kappa shape index (κ3) is 5.01. The molecular weight excluding hydrogens is 435 g/mol. The molecule has 0 aromatic heterocycles. The second-order valence-electron chi connectivity index (χ2n) is 6.48. The van der Waals surface area contributed by atoms with Crippen molar-refractivity contribution in [3.63, 3.8) is 0 Å². The van der Waals surface area contributed by atoms with E-state index in [2.05, 4.69) is 5.32 Å². The summed E-state index contributed by atoms with van der Waals surface area (Å²) in [5, 5.41) is 13.3. The number of nitrogens with one attached hydrogen (secondary N) is 1. The molecule has 0 aliphatic rings. The largest absolute Gasteiger partial charge is 0.507 e. The number of ether oxygens (including phenoxy) is 1. The molecule has 1 amide bonds. The van der Waals surface area contributed by atoms with Crippen molar-refractivity contribution in [2.24, 2.45) is 0 Å². The summed E-state index contributed by atoms with van der Waals surface area (Å²) in [6.45, 7) is -0.169. The molecule has 0 unspecified atom stereocenters. The molecule has 0 spiro atoms. The number of hydrogen-bond donors (Lipinski definition) is 2. The lowest BCUT2D eigenvalue weighted by molar-refractivity contribution is -0.122. The Balaban J connectivity index is 1.87. The first kappa shape index (κ1) is 21.9. The molecule has 3 rings (SSSR count). The van der Waals surface area contributed by atoms with E-state index in [4.69, 9.17) is 27.9 Å². The summed E-state index contributed by atoms with van der Waals surface area (Å²) >= 11 is 12.7. The summed E-state index contributed by atoms with van der Waals surface area (Å²) in [6, 6.07) is 11.3. The molecule has 30 heavy (non-hydrogen) atoms. The zero-order valence-electron chi connectivity index (χ0n) is 15.8. The molecule has 0 saturated heterocycles. The minimum atomic E-state index is -1.00. The highest BCUT2D eigenvalue weighted by Gasteiger charge is 2.14. The smallest absolute Gasteiger partial charge is 0.257 e. The Hall–Kier alpha value is -2.83. The highest BCUT2D eigenvalue weighted by atomic mass is 35.5.